The van der Waals surface area contributed by atoms with Crippen LogP contribution in [0.25, 0.3) is 0 Å². The summed E-state index contributed by atoms with van der Waals surface area (Å²) in [4.78, 5) is 14.8. The molecule has 1 aliphatic rings. The van der Waals surface area contributed by atoms with Crippen LogP contribution in [0.5, 0.6) is 5.75 Å². The predicted molar refractivity (Wildman–Crippen MR) is 109 cm³/mol. The van der Waals surface area contributed by atoms with Gasteiger partial charge in [-0.1, -0.05) is 23.8 Å². The van der Waals surface area contributed by atoms with Crippen molar-refractivity contribution in [1.29, 1.82) is 0 Å². The molecule has 0 N–H and O–H groups in total. The second-order valence-corrected chi connectivity index (χ2v) is 9.03. The normalized spacial score (nSPS) is 16.0. The minimum Gasteiger partial charge on any atom is -0.497 e. The van der Waals surface area contributed by atoms with Crippen molar-refractivity contribution in [1.82, 2.24) is 4.31 Å². The van der Waals surface area contributed by atoms with Crippen molar-refractivity contribution < 1.29 is 17.9 Å². The van der Waals surface area contributed by atoms with E-state index in [0.29, 0.717) is 36.6 Å². The lowest BCUT2D eigenvalue weighted by molar-refractivity contribution is -0.123. The van der Waals surface area contributed by atoms with Crippen LogP contribution < -0.4 is 9.64 Å². The summed E-state index contributed by atoms with van der Waals surface area (Å²) in [5, 5.41) is 0. The van der Waals surface area contributed by atoms with Crippen molar-refractivity contribution >= 4 is 21.6 Å². The van der Waals surface area contributed by atoms with E-state index in [1.807, 2.05) is 31.2 Å². The molecule has 0 radical (unpaired) electrons. The van der Waals surface area contributed by atoms with E-state index in [0.717, 1.165) is 11.3 Å². The Hall–Kier alpha value is -2.38. The number of sulfonamides is 1. The fourth-order valence-corrected chi connectivity index (χ4v) is 4.89. The number of methoxy groups -OCH3 is 1. The maximum absolute atomic E-state index is 12.9. The third-order valence-electron chi connectivity index (χ3n) is 5.23. The summed E-state index contributed by atoms with van der Waals surface area (Å²) in [6.07, 6.45) is 1.02. The first-order chi connectivity index (χ1) is 13.3. The molecule has 0 bridgehead atoms. The van der Waals surface area contributed by atoms with Gasteiger partial charge in [0.15, 0.2) is 0 Å². The fraction of sp³-hybridized carbons (Fsp3) is 0.381. The minimum absolute atomic E-state index is 0.000590. The van der Waals surface area contributed by atoms with Gasteiger partial charge in [0.25, 0.3) is 0 Å². The predicted octanol–water partition coefficient (Wildman–Crippen LogP) is 3.07. The molecule has 0 saturated carbocycles. The number of hydrogen-bond acceptors (Lipinski definition) is 4. The van der Waals surface area contributed by atoms with E-state index in [2.05, 4.69) is 0 Å². The summed E-state index contributed by atoms with van der Waals surface area (Å²) in [5.74, 6) is 0.498. The number of aryl methyl sites for hydroxylation is 1. The molecule has 3 rings (SSSR count). The molecule has 1 fully saturated rings. The molecule has 28 heavy (non-hydrogen) atoms. The third kappa shape index (κ3) is 4.20. The third-order valence-corrected chi connectivity index (χ3v) is 7.15. The standard InChI is InChI=1S/C21H26N2O4S/c1-16-7-9-20(10-8-16)28(25,26)23-13-11-17(12-14-23)21(24)22(2)18-5-4-6-19(15-18)27-3/h4-10,15,17H,11-14H2,1-3H3. The SMILES string of the molecule is COc1cccc(N(C)C(=O)C2CCN(S(=O)(=O)c3ccc(C)cc3)CC2)c1. The summed E-state index contributed by atoms with van der Waals surface area (Å²) < 4.78 is 32.3. The zero-order valence-corrected chi connectivity index (χ0v) is 17.3. The number of benzene rings is 2. The fourth-order valence-electron chi connectivity index (χ4n) is 3.42. The molecule has 0 atom stereocenters. The molecule has 2 aromatic rings. The first-order valence-corrected chi connectivity index (χ1v) is 10.8. The maximum atomic E-state index is 12.9. The van der Waals surface area contributed by atoms with E-state index < -0.39 is 10.0 Å². The average molecular weight is 403 g/mol. The average Bonchev–Trinajstić information content (AvgIpc) is 2.73. The first kappa shape index (κ1) is 20.4. The number of rotatable bonds is 5. The minimum atomic E-state index is -3.52. The largest absolute Gasteiger partial charge is 0.497 e. The molecule has 0 aliphatic carbocycles. The molecule has 1 saturated heterocycles. The van der Waals surface area contributed by atoms with Gasteiger partial charge in [0.2, 0.25) is 15.9 Å². The van der Waals surface area contributed by atoms with Gasteiger partial charge >= 0.3 is 0 Å². The Morgan fingerprint density at radius 1 is 1.11 bits per heavy atom. The lowest BCUT2D eigenvalue weighted by Crippen LogP contribution is -2.43. The van der Waals surface area contributed by atoms with Gasteiger partial charge in [-0.2, -0.15) is 4.31 Å². The zero-order chi connectivity index (χ0) is 20.3. The lowest BCUT2D eigenvalue weighted by Gasteiger charge is -2.32. The van der Waals surface area contributed by atoms with Gasteiger partial charge in [-0.3, -0.25) is 4.79 Å². The van der Waals surface area contributed by atoms with E-state index in [1.54, 1.807) is 43.3 Å². The Bertz CT molecular complexity index is 933. The molecule has 1 aliphatic heterocycles. The Labute approximate surface area is 166 Å². The summed E-state index contributed by atoms with van der Waals surface area (Å²) in [5.41, 5.74) is 1.78. The monoisotopic (exact) mass is 402 g/mol. The number of carbonyl (C=O) groups is 1. The van der Waals surface area contributed by atoms with E-state index in [1.165, 1.54) is 4.31 Å². The van der Waals surface area contributed by atoms with Crippen LogP contribution in [0.15, 0.2) is 53.4 Å². The molecule has 0 aromatic heterocycles. The van der Waals surface area contributed by atoms with Crippen LogP contribution in [0.4, 0.5) is 5.69 Å². The second-order valence-electron chi connectivity index (χ2n) is 7.09. The van der Waals surface area contributed by atoms with Crippen molar-refractivity contribution in [3.8, 4) is 5.75 Å². The number of piperidine rings is 1. The number of hydrogen-bond donors (Lipinski definition) is 0. The Morgan fingerprint density at radius 3 is 2.36 bits per heavy atom. The van der Waals surface area contributed by atoms with E-state index >= 15 is 0 Å². The number of carbonyl (C=O) groups excluding carboxylic acids is 1. The van der Waals surface area contributed by atoms with Crippen molar-refractivity contribution in [2.75, 3.05) is 32.1 Å². The molecule has 7 heteroatoms. The Balaban J connectivity index is 1.65. The number of ether oxygens (including phenoxy) is 1. The van der Waals surface area contributed by atoms with Crippen LogP contribution in [-0.2, 0) is 14.8 Å². The lowest BCUT2D eigenvalue weighted by atomic mass is 9.96. The highest BCUT2D eigenvalue weighted by molar-refractivity contribution is 7.89. The van der Waals surface area contributed by atoms with Gasteiger partial charge in [-0.05, 0) is 44.0 Å². The maximum Gasteiger partial charge on any atom is 0.243 e. The molecular formula is C21H26N2O4S. The highest BCUT2D eigenvalue weighted by Gasteiger charge is 2.33. The van der Waals surface area contributed by atoms with Gasteiger partial charge in [0, 0.05) is 37.8 Å². The van der Waals surface area contributed by atoms with Gasteiger partial charge in [-0.15, -0.1) is 0 Å². The molecule has 0 unspecified atom stereocenters. The molecule has 1 heterocycles. The summed E-state index contributed by atoms with van der Waals surface area (Å²) in [7, 11) is -0.186. The zero-order valence-electron chi connectivity index (χ0n) is 16.5. The second kappa shape index (κ2) is 8.32. The van der Waals surface area contributed by atoms with E-state index in [9.17, 15) is 13.2 Å². The number of amides is 1. The number of nitrogens with zero attached hydrogens (tertiary/aromatic N) is 2. The van der Waals surface area contributed by atoms with E-state index in [4.69, 9.17) is 4.74 Å². The van der Waals surface area contributed by atoms with Crippen molar-refractivity contribution in [3.63, 3.8) is 0 Å². The van der Waals surface area contributed by atoms with Gasteiger partial charge in [0.05, 0.1) is 12.0 Å². The molecule has 150 valence electrons. The van der Waals surface area contributed by atoms with E-state index in [-0.39, 0.29) is 11.8 Å². The molecule has 2 aromatic carbocycles. The smallest absolute Gasteiger partial charge is 0.243 e. The summed E-state index contributed by atoms with van der Waals surface area (Å²) >= 11 is 0. The molecule has 1 amide bonds. The Kier molecular flexibility index (Phi) is 6.05. The number of anilines is 1. The van der Waals surface area contributed by atoms with Gasteiger partial charge < -0.3 is 9.64 Å². The molecular weight excluding hydrogens is 376 g/mol. The highest BCUT2D eigenvalue weighted by Crippen LogP contribution is 2.27. The first-order valence-electron chi connectivity index (χ1n) is 9.31. The topological polar surface area (TPSA) is 66.9 Å². The van der Waals surface area contributed by atoms with Crippen molar-refractivity contribution in [3.05, 3.63) is 54.1 Å². The van der Waals surface area contributed by atoms with Crippen molar-refractivity contribution in [2.45, 2.75) is 24.7 Å². The quantitative estimate of drug-likeness (QED) is 0.771. The molecule has 0 spiro atoms. The summed E-state index contributed by atoms with van der Waals surface area (Å²) in [6, 6.07) is 14.2. The van der Waals surface area contributed by atoms with Crippen LogP contribution in [0.3, 0.4) is 0 Å². The van der Waals surface area contributed by atoms with Gasteiger partial charge in [-0.25, -0.2) is 8.42 Å². The Morgan fingerprint density at radius 2 is 1.75 bits per heavy atom. The highest BCUT2D eigenvalue weighted by atomic mass is 32.2. The van der Waals surface area contributed by atoms with Gasteiger partial charge in [0.1, 0.15) is 5.75 Å². The van der Waals surface area contributed by atoms with Crippen LogP contribution in [0.1, 0.15) is 18.4 Å². The molecule has 6 nitrogen and oxygen atoms in total. The van der Waals surface area contributed by atoms with Crippen molar-refractivity contribution in [2.24, 2.45) is 5.92 Å². The van der Waals surface area contributed by atoms with Crippen LogP contribution in [0.2, 0.25) is 0 Å². The van der Waals surface area contributed by atoms with Crippen LogP contribution >= 0.6 is 0 Å². The van der Waals surface area contributed by atoms with Crippen LogP contribution in [0, 0.1) is 12.8 Å². The summed E-state index contributed by atoms with van der Waals surface area (Å²) in [6.45, 7) is 2.61. The van der Waals surface area contributed by atoms with Crippen LogP contribution in [-0.4, -0.2) is 45.9 Å².